The van der Waals surface area contributed by atoms with Crippen LogP contribution in [0.5, 0.6) is 0 Å². The van der Waals surface area contributed by atoms with Gasteiger partial charge in [0.1, 0.15) is 4.90 Å². The van der Waals surface area contributed by atoms with Crippen molar-refractivity contribution in [2.45, 2.75) is 4.90 Å². The van der Waals surface area contributed by atoms with Crippen LogP contribution in [0.2, 0.25) is 5.02 Å². The summed E-state index contributed by atoms with van der Waals surface area (Å²) in [6.45, 7) is 0. The van der Waals surface area contributed by atoms with E-state index < -0.39 is 10.0 Å². The summed E-state index contributed by atoms with van der Waals surface area (Å²) in [5.41, 5.74) is 0.262. The Morgan fingerprint density at radius 1 is 1.41 bits per heavy atom. The van der Waals surface area contributed by atoms with Gasteiger partial charge in [-0.2, -0.15) is 0 Å². The molecule has 0 saturated carbocycles. The van der Waals surface area contributed by atoms with Gasteiger partial charge in [-0.25, -0.2) is 8.42 Å². The topological polar surface area (TPSA) is 64.0 Å². The zero-order valence-electron chi connectivity index (χ0n) is 8.96. The average Bonchev–Trinajstić information content (AvgIpc) is 2.69. The zero-order valence-corrected chi connectivity index (χ0v) is 10.5. The first-order chi connectivity index (χ1) is 7.99. The Balaban J connectivity index is 2.33. The molecule has 0 aromatic carbocycles. The van der Waals surface area contributed by atoms with Gasteiger partial charge in [0.15, 0.2) is 0 Å². The standard InChI is InChI=1S/C10H10ClN3O2S/c1-14-5-3-8(7-14)17(15,16)13-10-6-12-4-2-9(10)11/h2-7,13H,1H3. The van der Waals surface area contributed by atoms with Gasteiger partial charge in [-0.05, 0) is 12.1 Å². The number of aromatic nitrogens is 2. The highest BCUT2D eigenvalue weighted by molar-refractivity contribution is 7.92. The van der Waals surface area contributed by atoms with Crippen molar-refractivity contribution in [3.8, 4) is 0 Å². The number of anilines is 1. The van der Waals surface area contributed by atoms with Crippen molar-refractivity contribution in [2.75, 3.05) is 4.72 Å². The van der Waals surface area contributed by atoms with E-state index in [4.69, 9.17) is 11.6 Å². The molecular formula is C10H10ClN3O2S. The number of hydrogen-bond donors (Lipinski definition) is 1. The normalized spacial score (nSPS) is 11.4. The van der Waals surface area contributed by atoms with Gasteiger partial charge >= 0.3 is 0 Å². The lowest BCUT2D eigenvalue weighted by molar-refractivity contribution is 0.601. The first-order valence-corrected chi connectivity index (χ1v) is 6.59. The number of nitrogens with one attached hydrogen (secondary N) is 1. The van der Waals surface area contributed by atoms with Gasteiger partial charge in [-0.3, -0.25) is 9.71 Å². The molecule has 2 heterocycles. The molecule has 2 rings (SSSR count). The highest BCUT2D eigenvalue weighted by Crippen LogP contribution is 2.22. The summed E-state index contributed by atoms with van der Waals surface area (Å²) in [6.07, 6.45) is 6.01. The first kappa shape index (κ1) is 11.9. The average molecular weight is 272 g/mol. The number of aryl methyl sites for hydroxylation is 1. The zero-order chi connectivity index (χ0) is 12.5. The van der Waals surface area contributed by atoms with Crippen LogP contribution in [0.1, 0.15) is 0 Å². The summed E-state index contributed by atoms with van der Waals surface area (Å²) in [5.74, 6) is 0. The molecule has 0 amide bonds. The van der Waals surface area contributed by atoms with Crippen molar-refractivity contribution in [1.82, 2.24) is 9.55 Å². The van der Waals surface area contributed by atoms with E-state index in [9.17, 15) is 8.42 Å². The second-order valence-electron chi connectivity index (χ2n) is 3.47. The van der Waals surface area contributed by atoms with Gasteiger partial charge in [0, 0.05) is 25.6 Å². The van der Waals surface area contributed by atoms with Crippen LogP contribution in [0.25, 0.3) is 0 Å². The molecule has 90 valence electrons. The Morgan fingerprint density at radius 2 is 2.18 bits per heavy atom. The number of rotatable bonds is 3. The minimum absolute atomic E-state index is 0.180. The number of pyridine rings is 1. The molecule has 0 radical (unpaired) electrons. The maximum atomic E-state index is 12.0. The van der Waals surface area contributed by atoms with Crippen LogP contribution < -0.4 is 4.72 Å². The van der Waals surface area contributed by atoms with Gasteiger partial charge < -0.3 is 4.57 Å². The predicted octanol–water partition coefficient (Wildman–Crippen LogP) is 1.87. The van der Waals surface area contributed by atoms with E-state index in [0.29, 0.717) is 5.02 Å². The lowest BCUT2D eigenvalue weighted by Crippen LogP contribution is -2.12. The fraction of sp³-hybridized carbons (Fsp3) is 0.100. The monoisotopic (exact) mass is 271 g/mol. The summed E-state index contributed by atoms with van der Waals surface area (Å²) in [6, 6.07) is 3.02. The summed E-state index contributed by atoms with van der Waals surface area (Å²) in [4.78, 5) is 3.99. The fourth-order valence-electron chi connectivity index (χ4n) is 1.29. The van der Waals surface area contributed by atoms with E-state index in [2.05, 4.69) is 9.71 Å². The van der Waals surface area contributed by atoms with Crippen molar-refractivity contribution in [3.05, 3.63) is 41.9 Å². The molecule has 5 nitrogen and oxygen atoms in total. The number of sulfonamides is 1. The van der Waals surface area contributed by atoms with Gasteiger partial charge in [0.2, 0.25) is 0 Å². The second-order valence-corrected chi connectivity index (χ2v) is 5.56. The van der Waals surface area contributed by atoms with E-state index in [0.717, 1.165) is 0 Å². The third-order valence-corrected chi connectivity index (χ3v) is 3.81. The summed E-state index contributed by atoms with van der Waals surface area (Å²) < 4.78 is 27.9. The van der Waals surface area contributed by atoms with Crippen molar-refractivity contribution in [2.24, 2.45) is 7.05 Å². The van der Waals surface area contributed by atoms with Crippen LogP contribution in [0.15, 0.2) is 41.8 Å². The highest BCUT2D eigenvalue weighted by atomic mass is 35.5. The molecule has 0 aliphatic rings. The Labute approximate surface area is 104 Å². The maximum absolute atomic E-state index is 12.0. The Morgan fingerprint density at radius 3 is 2.76 bits per heavy atom. The Kier molecular flexibility index (Phi) is 3.08. The lowest BCUT2D eigenvalue weighted by Gasteiger charge is -2.07. The first-order valence-electron chi connectivity index (χ1n) is 4.73. The molecule has 7 heteroatoms. The van der Waals surface area contributed by atoms with Crippen molar-refractivity contribution in [3.63, 3.8) is 0 Å². The quantitative estimate of drug-likeness (QED) is 0.927. The van der Waals surface area contributed by atoms with E-state index >= 15 is 0 Å². The number of hydrogen-bond acceptors (Lipinski definition) is 3. The minimum atomic E-state index is -3.61. The van der Waals surface area contributed by atoms with Gasteiger partial charge in [0.05, 0.1) is 16.9 Å². The second kappa shape index (κ2) is 4.38. The molecule has 0 atom stereocenters. The maximum Gasteiger partial charge on any atom is 0.263 e. The van der Waals surface area contributed by atoms with Crippen molar-refractivity contribution in [1.29, 1.82) is 0 Å². The van der Waals surface area contributed by atoms with E-state index in [1.807, 2.05) is 0 Å². The summed E-state index contributed by atoms with van der Waals surface area (Å²) in [5, 5.41) is 0.305. The van der Waals surface area contributed by atoms with E-state index in [1.54, 1.807) is 17.8 Å². The van der Waals surface area contributed by atoms with Crippen LogP contribution in [-0.4, -0.2) is 18.0 Å². The van der Waals surface area contributed by atoms with E-state index in [1.165, 1.54) is 30.7 Å². The highest BCUT2D eigenvalue weighted by Gasteiger charge is 2.16. The molecule has 0 unspecified atom stereocenters. The molecule has 2 aromatic rings. The van der Waals surface area contributed by atoms with Crippen LogP contribution in [0.3, 0.4) is 0 Å². The minimum Gasteiger partial charge on any atom is -0.356 e. The van der Waals surface area contributed by atoms with Crippen molar-refractivity contribution >= 4 is 27.3 Å². The van der Waals surface area contributed by atoms with Gasteiger partial charge in [0.25, 0.3) is 10.0 Å². The lowest BCUT2D eigenvalue weighted by atomic mass is 10.4. The predicted molar refractivity (Wildman–Crippen MR) is 65.5 cm³/mol. The Hall–Kier alpha value is -1.53. The molecule has 0 bridgehead atoms. The SMILES string of the molecule is Cn1ccc(S(=O)(=O)Nc2cnccc2Cl)c1. The molecule has 0 aliphatic heterocycles. The van der Waals surface area contributed by atoms with Crippen molar-refractivity contribution < 1.29 is 8.42 Å². The smallest absolute Gasteiger partial charge is 0.263 e. The third-order valence-electron chi connectivity index (χ3n) is 2.13. The Bertz CT molecular complexity index is 637. The summed E-state index contributed by atoms with van der Waals surface area (Å²) >= 11 is 5.85. The molecule has 1 N–H and O–H groups in total. The molecule has 0 fully saturated rings. The number of halogens is 1. The van der Waals surface area contributed by atoms with Crippen LogP contribution in [-0.2, 0) is 17.1 Å². The number of nitrogens with zero attached hydrogens (tertiary/aromatic N) is 2. The largest absolute Gasteiger partial charge is 0.356 e. The molecule has 17 heavy (non-hydrogen) atoms. The van der Waals surface area contributed by atoms with Crippen LogP contribution >= 0.6 is 11.6 Å². The molecule has 0 aliphatic carbocycles. The molecule has 0 spiro atoms. The van der Waals surface area contributed by atoms with Gasteiger partial charge in [-0.15, -0.1) is 0 Å². The van der Waals surface area contributed by atoms with Gasteiger partial charge in [-0.1, -0.05) is 11.6 Å². The van der Waals surface area contributed by atoms with Crippen LogP contribution in [0.4, 0.5) is 5.69 Å². The molecule has 2 aromatic heterocycles. The van der Waals surface area contributed by atoms with E-state index in [-0.39, 0.29) is 10.6 Å². The third kappa shape index (κ3) is 2.59. The fourth-order valence-corrected chi connectivity index (χ4v) is 2.62. The summed E-state index contributed by atoms with van der Waals surface area (Å²) in [7, 11) is -1.86. The molecular weight excluding hydrogens is 262 g/mol. The van der Waals surface area contributed by atoms with Crippen LogP contribution in [0, 0.1) is 0 Å². The molecule has 0 saturated heterocycles.